The second-order valence-electron chi connectivity index (χ2n) is 9.08. The van der Waals surface area contributed by atoms with Crippen LogP contribution in [0, 0.1) is 43.0 Å². The Morgan fingerprint density at radius 3 is 2.34 bits per heavy atom. The lowest BCUT2D eigenvalue weighted by Gasteiger charge is -2.37. The molecule has 184 valence electrons. The molecule has 0 aliphatic carbocycles. The highest BCUT2D eigenvalue weighted by Crippen LogP contribution is 2.35. The molecule has 2 atom stereocenters. The highest BCUT2D eigenvalue weighted by molar-refractivity contribution is 6.07. The zero-order valence-electron chi connectivity index (χ0n) is 19.6. The molecule has 9 heteroatoms. The summed E-state index contributed by atoms with van der Waals surface area (Å²) in [7, 11) is 0. The SMILES string of the molecule is Cc1cc(N2C[C@H](C)C[C@H](N)C2)c(NC(=O)c2ccc(F)c(-c3c(F)cccc3F)c2F)c(C)n1. The molecule has 1 aromatic heterocycles. The van der Waals surface area contributed by atoms with Gasteiger partial charge in [-0.3, -0.25) is 9.78 Å². The van der Waals surface area contributed by atoms with Crippen LogP contribution in [0.3, 0.4) is 0 Å². The summed E-state index contributed by atoms with van der Waals surface area (Å²) in [6.45, 7) is 6.89. The first-order valence-corrected chi connectivity index (χ1v) is 11.3. The summed E-state index contributed by atoms with van der Waals surface area (Å²) in [4.78, 5) is 19.6. The Labute approximate surface area is 201 Å². The molecule has 1 aliphatic heterocycles. The largest absolute Gasteiger partial charge is 0.368 e. The molecule has 1 amide bonds. The van der Waals surface area contributed by atoms with Crippen LogP contribution in [0.2, 0.25) is 0 Å². The summed E-state index contributed by atoms with van der Waals surface area (Å²) in [5.41, 5.74) is 6.12. The van der Waals surface area contributed by atoms with Crippen LogP contribution < -0.4 is 16.0 Å². The molecule has 1 saturated heterocycles. The second-order valence-corrected chi connectivity index (χ2v) is 9.08. The quantitative estimate of drug-likeness (QED) is 0.488. The third kappa shape index (κ3) is 4.86. The number of aromatic nitrogens is 1. The molecule has 0 saturated carbocycles. The number of amides is 1. The van der Waals surface area contributed by atoms with Crippen molar-refractivity contribution >= 4 is 17.3 Å². The molecule has 0 radical (unpaired) electrons. The summed E-state index contributed by atoms with van der Waals surface area (Å²) in [6.07, 6.45) is 0.872. The van der Waals surface area contributed by atoms with Crippen LogP contribution in [0.5, 0.6) is 0 Å². The number of carbonyl (C=O) groups excluding carboxylic acids is 1. The highest BCUT2D eigenvalue weighted by atomic mass is 19.1. The number of halogens is 4. The van der Waals surface area contributed by atoms with E-state index in [1.165, 1.54) is 0 Å². The number of rotatable bonds is 4. The molecule has 35 heavy (non-hydrogen) atoms. The molecule has 1 aliphatic rings. The van der Waals surface area contributed by atoms with E-state index in [4.69, 9.17) is 5.73 Å². The molecule has 1 fully saturated rings. The van der Waals surface area contributed by atoms with Crippen molar-refractivity contribution in [1.82, 2.24) is 4.98 Å². The topological polar surface area (TPSA) is 71.2 Å². The molecule has 5 nitrogen and oxygen atoms in total. The number of nitrogens with two attached hydrogens (primary N) is 1. The van der Waals surface area contributed by atoms with Gasteiger partial charge < -0.3 is 16.0 Å². The summed E-state index contributed by atoms with van der Waals surface area (Å²) < 4.78 is 58.5. The van der Waals surface area contributed by atoms with Gasteiger partial charge in [-0.25, -0.2) is 17.6 Å². The Kier molecular flexibility index (Phi) is 6.80. The van der Waals surface area contributed by atoms with Crippen molar-refractivity contribution in [2.75, 3.05) is 23.3 Å². The molecular weight excluding hydrogens is 460 g/mol. The van der Waals surface area contributed by atoms with E-state index in [1.54, 1.807) is 6.92 Å². The van der Waals surface area contributed by atoms with E-state index in [-0.39, 0.29) is 6.04 Å². The van der Waals surface area contributed by atoms with Gasteiger partial charge in [-0.2, -0.15) is 0 Å². The first kappa shape index (κ1) is 24.7. The van der Waals surface area contributed by atoms with E-state index < -0.39 is 45.9 Å². The number of benzene rings is 2. The molecule has 0 bridgehead atoms. The van der Waals surface area contributed by atoms with Gasteiger partial charge in [-0.1, -0.05) is 13.0 Å². The van der Waals surface area contributed by atoms with Crippen molar-refractivity contribution in [3.05, 3.63) is 76.6 Å². The first-order chi connectivity index (χ1) is 16.6. The maximum absolute atomic E-state index is 15.4. The number of hydrogen-bond acceptors (Lipinski definition) is 4. The fourth-order valence-corrected chi connectivity index (χ4v) is 4.68. The van der Waals surface area contributed by atoms with Crippen molar-refractivity contribution in [1.29, 1.82) is 0 Å². The van der Waals surface area contributed by atoms with Crippen LogP contribution >= 0.6 is 0 Å². The lowest BCUT2D eigenvalue weighted by Crippen LogP contribution is -2.46. The third-order valence-corrected chi connectivity index (χ3v) is 6.13. The van der Waals surface area contributed by atoms with Crippen LogP contribution in [0.1, 0.15) is 35.1 Å². The highest BCUT2D eigenvalue weighted by Gasteiger charge is 2.28. The second kappa shape index (κ2) is 9.65. The molecule has 0 unspecified atom stereocenters. The lowest BCUT2D eigenvalue weighted by atomic mass is 9.95. The third-order valence-electron chi connectivity index (χ3n) is 6.13. The van der Waals surface area contributed by atoms with Gasteiger partial charge in [0.25, 0.3) is 5.91 Å². The van der Waals surface area contributed by atoms with Gasteiger partial charge in [0, 0.05) is 24.8 Å². The molecule has 4 rings (SSSR count). The minimum atomic E-state index is -1.36. The molecule has 3 N–H and O–H groups in total. The predicted molar refractivity (Wildman–Crippen MR) is 127 cm³/mol. The molecule has 0 spiro atoms. The van der Waals surface area contributed by atoms with Crippen LogP contribution in [-0.2, 0) is 0 Å². The maximum Gasteiger partial charge on any atom is 0.258 e. The fraction of sp³-hybridized carbons (Fsp3) is 0.308. The molecular formula is C26H26F4N4O. The number of piperidine rings is 1. The monoisotopic (exact) mass is 486 g/mol. The maximum atomic E-state index is 15.4. The summed E-state index contributed by atoms with van der Waals surface area (Å²) in [5.74, 6) is -5.41. The zero-order valence-corrected chi connectivity index (χ0v) is 19.6. The van der Waals surface area contributed by atoms with Gasteiger partial charge in [0.15, 0.2) is 0 Å². The number of anilines is 2. The average Bonchev–Trinajstić information content (AvgIpc) is 2.76. The Morgan fingerprint density at radius 2 is 1.69 bits per heavy atom. The van der Waals surface area contributed by atoms with Crippen LogP contribution in [0.4, 0.5) is 28.9 Å². The van der Waals surface area contributed by atoms with E-state index in [9.17, 15) is 18.0 Å². The fourth-order valence-electron chi connectivity index (χ4n) is 4.68. The van der Waals surface area contributed by atoms with Crippen molar-refractivity contribution < 1.29 is 22.4 Å². The van der Waals surface area contributed by atoms with E-state index >= 15 is 4.39 Å². The summed E-state index contributed by atoms with van der Waals surface area (Å²) in [6, 6.07) is 6.38. The van der Waals surface area contributed by atoms with E-state index in [1.807, 2.05) is 13.0 Å². The number of nitrogens with zero attached hydrogens (tertiary/aromatic N) is 2. The Morgan fingerprint density at radius 1 is 1.03 bits per heavy atom. The van der Waals surface area contributed by atoms with E-state index in [2.05, 4.69) is 22.1 Å². The van der Waals surface area contributed by atoms with Crippen LogP contribution in [0.25, 0.3) is 11.1 Å². The minimum absolute atomic E-state index is 0.0520. The Hall–Kier alpha value is -3.46. The van der Waals surface area contributed by atoms with Crippen molar-refractivity contribution in [2.45, 2.75) is 33.2 Å². The standard InChI is InChI=1S/C26H26F4N4O/c1-13-9-16(31)12-34(11-13)21-10-14(2)32-15(3)25(21)33-26(35)17-7-8-20(29)23(24(17)30)22-18(27)5-4-6-19(22)28/h4-8,10,13,16H,9,11-12,31H2,1-3H3,(H,33,35)/t13-,16+/m1/s1. The van der Waals surface area contributed by atoms with Gasteiger partial charge in [0.05, 0.1) is 33.8 Å². The van der Waals surface area contributed by atoms with Crippen LogP contribution in [-0.4, -0.2) is 30.0 Å². The number of hydrogen-bond donors (Lipinski definition) is 2. The van der Waals surface area contributed by atoms with Gasteiger partial charge >= 0.3 is 0 Å². The Bertz CT molecular complexity index is 1270. The van der Waals surface area contributed by atoms with Crippen molar-refractivity contribution in [3.63, 3.8) is 0 Å². The smallest absolute Gasteiger partial charge is 0.258 e. The number of pyridine rings is 1. The summed E-state index contributed by atoms with van der Waals surface area (Å²) in [5, 5.41) is 2.68. The lowest BCUT2D eigenvalue weighted by molar-refractivity contribution is 0.102. The minimum Gasteiger partial charge on any atom is -0.368 e. The van der Waals surface area contributed by atoms with Gasteiger partial charge in [0.2, 0.25) is 0 Å². The zero-order chi connectivity index (χ0) is 25.4. The average molecular weight is 487 g/mol. The number of nitrogens with one attached hydrogen (secondary N) is 1. The van der Waals surface area contributed by atoms with Gasteiger partial charge in [0.1, 0.15) is 23.3 Å². The Balaban J connectivity index is 1.75. The molecule has 2 aromatic carbocycles. The van der Waals surface area contributed by atoms with Gasteiger partial charge in [-0.15, -0.1) is 0 Å². The summed E-state index contributed by atoms with van der Waals surface area (Å²) >= 11 is 0. The predicted octanol–water partition coefficient (Wildman–Crippen LogP) is 5.35. The van der Waals surface area contributed by atoms with Crippen molar-refractivity contribution in [2.24, 2.45) is 11.7 Å². The van der Waals surface area contributed by atoms with E-state index in [0.717, 1.165) is 42.4 Å². The number of aryl methyl sites for hydroxylation is 2. The molecule has 2 heterocycles. The normalized spacial score (nSPS) is 18.0. The van der Waals surface area contributed by atoms with E-state index in [0.29, 0.717) is 36.1 Å². The molecule has 3 aromatic rings. The van der Waals surface area contributed by atoms with Gasteiger partial charge in [-0.05, 0) is 56.5 Å². The van der Waals surface area contributed by atoms with Crippen molar-refractivity contribution in [3.8, 4) is 11.1 Å². The first-order valence-electron chi connectivity index (χ1n) is 11.3. The van der Waals surface area contributed by atoms with Crippen LogP contribution in [0.15, 0.2) is 36.4 Å². The number of carbonyl (C=O) groups is 1.